The van der Waals surface area contributed by atoms with Gasteiger partial charge >= 0.3 is 0 Å². The fourth-order valence-corrected chi connectivity index (χ4v) is 2.82. The monoisotopic (exact) mass is 389 g/mol. The summed E-state index contributed by atoms with van der Waals surface area (Å²) in [6.45, 7) is 0.338. The highest BCUT2D eigenvalue weighted by atomic mass is 16.5. The molecule has 0 saturated heterocycles. The van der Waals surface area contributed by atoms with Gasteiger partial charge in [-0.25, -0.2) is 0 Å². The molecule has 3 rings (SSSR count). The lowest BCUT2D eigenvalue weighted by atomic mass is 10.1. The van der Waals surface area contributed by atoms with Gasteiger partial charge in [-0.2, -0.15) is 0 Å². The van der Waals surface area contributed by atoms with Crippen molar-refractivity contribution in [2.45, 2.75) is 19.4 Å². The van der Waals surface area contributed by atoms with Crippen molar-refractivity contribution in [1.82, 2.24) is 10.3 Å². The number of hydrogen-bond acceptors (Lipinski definition) is 4. The number of aromatic nitrogens is 1. The predicted molar refractivity (Wildman–Crippen MR) is 112 cm³/mol. The first-order chi connectivity index (χ1) is 14.2. The average molecular weight is 389 g/mol. The third-order valence-electron chi connectivity index (χ3n) is 4.47. The zero-order chi connectivity index (χ0) is 20.5. The Morgan fingerprint density at radius 3 is 2.52 bits per heavy atom. The van der Waals surface area contributed by atoms with Gasteiger partial charge < -0.3 is 15.4 Å². The van der Waals surface area contributed by atoms with E-state index in [4.69, 9.17) is 4.74 Å². The smallest absolute Gasteiger partial charge is 0.257 e. The third-order valence-corrected chi connectivity index (χ3v) is 4.47. The molecule has 0 fully saturated rings. The highest BCUT2D eigenvalue weighted by Gasteiger charge is 2.10. The van der Waals surface area contributed by atoms with Gasteiger partial charge in [-0.1, -0.05) is 30.3 Å². The van der Waals surface area contributed by atoms with Gasteiger partial charge in [-0.15, -0.1) is 0 Å². The number of ether oxygens (including phenoxy) is 1. The molecule has 0 aliphatic rings. The summed E-state index contributed by atoms with van der Waals surface area (Å²) in [6.07, 6.45) is 4.16. The summed E-state index contributed by atoms with van der Waals surface area (Å²) in [6, 6.07) is 18.5. The van der Waals surface area contributed by atoms with Crippen LogP contribution >= 0.6 is 0 Å². The van der Waals surface area contributed by atoms with E-state index in [1.54, 1.807) is 25.4 Å². The average Bonchev–Trinajstić information content (AvgIpc) is 2.78. The van der Waals surface area contributed by atoms with E-state index in [-0.39, 0.29) is 11.8 Å². The number of rotatable bonds is 8. The van der Waals surface area contributed by atoms with Crippen molar-refractivity contribution in [3.8, 4) is 5.75 Å². The van der Waals surface area contributed by atoms with Gasteiger partial charge in [-0.05, 0) is 47.9 Å². The SMILES string of the molecule is COc1ccc(CCC(=O)NCc2ccccc2NC(=O)c2cccnc2)cc1. The van der Waals surface area contributed by atoms with Crippen LogP contribution in [0.15, 0.2) is 73.1 Å². The standard InChI is InChI=1S/C23H23N3O3/c1-29-20-11-8-17(9-12-20)10-13-22(27)25-16-18-5-2-3-7-21(18)26-23(28)19-6-4-14-24-15-19/h2-9,11-12,14-15H,10,13,16H2,1H3,(H,25,27)(H,26,28). The van der Waals surface area contributed by atoms with E-state index in [0.717, 1.165) is 16.9 Å². The molecule has 148 valence electrons. The van der Waals surface area contributed by atoms with Crippen LogP contribution in [0.1, 0.15) is 27.9 Å². The van der Waals surface area contributed by atoms with E-state index in [1.807, 2.05) is 48.5 Å². The van der Waals surface area contributed by atoms with Crippen molar-refractivity contribution >= 4 is 17.5 Å². The number of aryl methyl sites for hydroxylation is 1. The van der Waals surface area contributed by atoms with Crippen LogP contribution in [-0.2, 0) is 17.8 Å². The summed E-state index contributed by atoms with van der Waals surface area (Å²) in [5.41, 5.74) is 3.05. The number of pyridine rings is 1. The minimum Gasteiger partial charge on any atom is -0.497 e. The number of para-hydroxylation sites is 1. The number of carbonyl (C=O) groups excluding carboxylic acids is 2. The number of benzene rings is 2. The molecule has 0 saturated carbocycles. The van der Waals surface area contributed by atoms with Crippen LogP contribution in [0.25, 0.3) is 0 Å². The van der Waals surface area contributed by atoms with Crippen LogP contribution in [0, 0.1) is 0 Å². The maximum Gasteiger partial charge on any atom is 0.257 e. The first-order valence-electron chi connectivity index (χ1n) is 9.34. The molecule has 29 heavy (non-hydrogen) atoms. The first kappa shape index (κ1) is 20.1. The van der Waals surface area contributed by atoms with Crippen molar-refractivity contribution in [2.75, 3.05) is 12.4 Å². The fourth-order valence-electron chi connectivity index (χ4n) is 2.82. The third kappa shape index (κ3) is 5.90. The lowest BCUT2D eigenvalue weighted by Gasteiger charge is -2.12. The molecule has 2 amide bonds. The molecular formula is C23H23N3O3. The highest BCUT2D eigenvalue weighted by molar-refractivity contribution is 6.04. The van der Waals surface area contributed by atoms with E-state index >= 15 is 0 Å². The Hall–Kier alpha value is -3.67. The zero-order valence-electron chi connectivity index (χ0n) is 16.2. The molecule has 0 radical (unpaired) electrons. The molecule has 0 unspecified atom stereocenters. The van der Waals surface area contributed by atoms with Gasteiger partial charge in [0.05, 0.1) is 12.7 Å². The largest absolute Gasteiger partial charge is 0.497 e. The summed E-state index contributed by atoms with van der Waals surface area (Å²) in [5.74, 6) is 0.508. The minimum absolute atomic E-state index is 0.0470. The first-order valence-corrected chi connectivity index (χ1v) is 9.34. The van der Waals surface area contributed by atoms with Gasteiger partial charge in [0, 0.05) is 31.0 Å². The number of hydrogen-bond donors (Lipinski definition) is 2. The van der Waals surface area contributed by atoms with Crippen LogP contribution in [0.5, 0.6) is 5.75 Å². The van der Waals surface area contributed by atoms with Gasteiger partial charge in [0.25, 0.3) is 5.91 Å². The number of nitrogens with one attached hydrogen (secondary N) is 2. The van der Waals surface area contributed by atoms with Crippen molar-refractivity contribution < 1.29 is 14.3 Å². The molecule has 6 nitrogen and oxygen atoms in total. The lowest BCUT2D eigenvalue weighted by Crippen LogP contribution is -2.24. The number of carbonyl (C=O) groups is 2. The Morgan fingerprint density at radius 1 is 1.00 bits per heavy atom. The molecule has 2 N–H and O–H groups in total. The Labute approximate surface area is 169 Å². The zero-order valence-corrected chi connectivity index (χ0v) is 16.2. The van der Waals surface area contributed by atoms with Gasteiger partial charge in [-0.3, -0.25) is 14.6 Å². The summed E-state index contributed by atoms with van der Waals surface area (Å²) < 4.78 is 5.14. The highest BCUT2D eigenvalue weighted by Crippen LogP contribution is 2.16. The van der Waals surface area contributed by atoms with Crippen LogP contribution < -0.4 is 15.4 Å². The van der Waals surface area contributed by atoms with Gasteiger partial charge in [0.1, 0.15) is 5.75 Å². The van der Waals surface area contributed by atoms with E-state index in [2.05, 4.69) is 15.6 Å². The summed E-state index contributed by atoms with van der Waals surface area (Å²) in [4.78, 5) is 28.6. The van der Waals surface area contributed by atoms with E-state index in [9.17, 15) is 9.59 Å². The Balaban J connectivity index is 1.53. The van der Waals surface area contributed by atoms with Crippen LogP contribution in [0.4, 0.5) is 5.69 Å². The molecule has 0 aliphatic carbocycles. The Kier molecular flexibility index (Phi) is 6.95. The van der Waals surface area contributed by atoms with Gasteiger partial charge in [0.2, 0.25) is 5.91 Å². The maximum absolute atomic E-state index is 12.4. The van der Waals surface area contributed by atoms with E-state index in [1.165, 1.54) is 6.20 Å². The van der Waals surface area contributed by atoms with Crippen molar-refractivity contribution in [1.29, 1.82) is 0 Å². The van der Waals surface area contributed by atoms with E-state index < -0.39 is 0 Å². The second-order valence-electron chi connectivity index (χ2n) is 6.48. The Morgan fingerprint density at radius 2 is 1.79 bits per heavy atom. The molecule has 1 heterocycles. The molecule has 1 aromatic heterocycles. The van der Waals surface area contributed by atoms with Crippen LogP contribution in [-0.4, -0.2) is 23.9 Å². The number of amides is 2. The topological polar surface area (TPSA) is 80.3 Å². The predicted octanol–water partition coefficient (Wildman–Crippen LogP) is 3.59. The number of anilines is 1. The molecule has 0 atom stereocenters. The molecule has 0 spiro atoms. The number of nitrogens with zero attached hydrogens (tertiary/aromatic N) is 1. The van der Waals surface area contributed by atoms with Crippen LogP contribution in [0.3, 0.4) is 0 Å². The van der Waals surface area contributed by atoms with Crippen molar-refractivity contribution in [3.05, 3.63) is 89.7 Å². The summed E-state index contributed by atoms with van der Waals surface area (Å²) in [7, 11) is 1.62. The van der Waals surface area contributed by atoms with E-state index in [0.29, 0.717) is 30.6 Å². The van der Waals surface area contributed by atoms with Crippen molar-refractivity contribution in [2.24, 2.45) is 0 Å². The quantitative estimate of drug-likeness (QED) is 0.617. The van der Waals surface area contributed by atoms with Gasteiger partial charge in [0.15, 0.2) is 0 Å². The lowest BCUT2D eigenvalue weighted by molar-refractivity contribution is -0.121. The second kappa shape index (κ2) is 10.0. The second-order valence-corrected chi connectivity index (χ2v) is 6.48. The molecule has 0 bridgehead atoms. The fraction of sp³-hybridized carbons (Fsp3) is 0.174. The molecule has 2 aromatic carbocycles. The maximum atomic E-state index is 12.4. The normalized spacial score (nSPS) is 10.2. The molecule has 6 heteroatoms. The Bertz CT molecular complexity index is 957. The molecular weight excluding hydrogens is 366 g/mol. The minimum atomic E-state index is -0.239. The van der Waals surface area contributed by atoms with Crippen LogP contribution in [0.2, 0.25) is 0 Å². The summed E-state index contributed by atoms with van der Waals surface area (Å²) in [5, 5.41) is 5.80. The molecule has 3 aromatic rings. The molecule has 0 aliphatic heterocycles. The summed E-state index contributed by atoms with van der Waals surface area (Å²) >= 11 is 0. The van der Waals surface area contributed by atoms with Crippen molar-refractivity contribution in [3.63, 3.8) is 0 Å². The number of methoxy groups -OCH3 is 1.